The van der Waals surface area contributed by atoms with E-state index in [1.54, 1.807) is 0 Å². The first-order chi connectivity index (χ1) is 3.79. The Morgan fingerprint density at radius 1 is 1.38 bits per heavy atom. The van der Waals surface area contributed by atoms with E-state index in [0.29, 0.717) is 5.92 Å². The molecule has 2 atom stereocenters. The molecule has 1 aliphatic carbocycles. The van der Waals surface area contributed by atoms with Gasteiger partial charge in [-0.05, 0) is 25.7 Å². The van der Waals surface area contributed by atoms with Crippen LogP contribution in [-0.4, -0.2) is 11.2 Å². The van der Waals surface area contributed by atoms with E-state index in [2.05, 4.69) is 6.92 Å². The van der Waals surface area contributed by atoms with Gasteiger partial charge in [-0.3, -0.25) is 0 Å². The Bertz CT molecular complexity index is 84.6. The molecule has 0 saturated heterocycles. The van der Waals surface area contributed by atoms with E-state index >= 15 is 0 Å². The zero-order valence-corrected chi connectivity index (χ0v) is 4.88. The number of aliphatic hydroxyl groups is 1. The summed E-state index contributed by atoms with van der Waals surface area (Å²) in [5, 5.41) is 8.91. The van der Waals surface area contributed by atoms with Crippen molar-refractivity contribution in [1.29, 1.82) is 0 Å². The molecule has 45 valence electrons. The smallest absolute Gasteiger partial charge is 0.0721 e. The van der Waals surface area contributed by atoms with Crippen LogP contribution in [0.4, 0.5) is 0 Å². The minimum absolute atomic E-state index is 0.201. The van der Waals surface area contributed by atoms with Gasteiger partial charge in [0.15, 0.2) is 0 Å². The minimum atomic E-state index is -0.201. The van der Waals surface area contributed by atoms with E-state index < -0.39 is 0 Å². The Balaban J connectivity index is 2.42. The molecule has 0 saturated carbocycles. The molecule has 1 N–H and O–H groups in total. The number of hydrogen-bond donors (Lipinski definition) is 1. The lowest BCUT2D eigenvalue weighted by molar-refractivity contribution is 0.199. The van der Waals surface area contributed by atoms with Crippen LogP contribution in [0.5, 0.6) is 0 Å². The first-order valence-electron chi connectivity index (χ1n) is 2.98. The fourth-order valence-corrected chi connectivity index (χ4v) is 0.863. The molecule has 0 heterocycles. The Hall–Kier alpha value is -0.300. The van der Waals surface area contributed by atoms with Crippen LogP contribution in [0.3, 0.4) is 0 Å². The van der Waals surface area contributed by atoms with E-state index in [0.717, 1.165) is 12.8 Å². The third kappa shape index (κ3) is 1.34. The SMILES string of the molecule is [CH2]C1C=CC(O)CC1. The lowest BCUT2D eigenvalue weighted by atomic mass is 9.96. The van der Waals surface area contributed by atoms with Crippen molar-refractivity contribution in [3.05, 3.63) is 19.1 Å². The third-order valence-electron chi connectivity index (χ3n) is 1.44. The Morgan fingerprint density at radius 3 is 2.50 bits per heavy atom. The van der Waals surface area contributed by atoms with Crippen LogP contribution in [0.2, 0.25) is 0 Å². The number of aliphatic hydroxyl groups excluding tert-OH is 1. The highest BCUT2D eigenvalue weighted by Gasteiger charge is 2.07. The van der Waals surface area contributed by atoms with Crippen LogP contribution >= 0.6 is 0 Å². The molecule has 2 unspecified atom stereocenters. The lowest BCUT2D eigenvalue weighted by Crippen LogP contribution is -2.09. The highest BCUT2D eigenvalue weighted by molar-refractivity contribution is 4.98. The summed E-state index contributed by atoms with van der Waals surface area (Å²) >= 11 is 0. The monoisotopic (exact) mass is 111 g/mol. The second-order valence-electron chi connectivity index (χ2n) is 2.29. The molecule has 1 nitrogen and oxygen atoms in total. The van der Waals surface area contributed by atoms with Gasteiger partial charge >= 0.3 is 0 Å². The fourth-order valence-electron chi connectivity index (χ4n) is 0.863. The molecule has 1 rings (SSSR count). The van der Waals surface area contributed by atoms with E-state index in [1.165, 1.54) is 0 Å². The molecular formula is C7H11O. The highest BCUT2D eigenvalue weighted by atomic mass is 16.3. The summed E-state index contributed by atoms with van der Waals surface area (Å²) < 4.78 is 0. The number of rotatable bonds is 0. The predicted octanol–water partition coefficient (Wildman–Crippen LogP) is 1.15. The topological polar surface area (TPSA) is 20.2 Å². The van der Waals surface area contributed by atoms with Crippen molar-refractivity contribution >= 4 is 0 Å². The normalized spacial score (nSPS) is 37.8. The van der Waals surface area contributed by atoms with Gasteiger partial charge in [0, 0.05) is 0 Å². The summed E-state index contributed by atoms with van der Waals surface area (Å²) in [5.74, 6) is 0.429. The van der Waals surface area contributed by atoms with Crippen molar-refractivity contribution < 1.29 is 5.11 Å². The molecular weight excluding hydrogens is 100 g/mol. The minimum Gasteiger partial charge on any atom is -0.389 e. The average Bonchev–Trinajstić information content (AvgIpc) is 1.77. The van der Waals surface area contributed by atoms with Crippen molar-refractivity contribution in [3.8, 4) is 0 Å². The van der Waals surface area contributed by atoms with Crippen LogP contribution in [-0.2, 0) is 0 Å². The van der Waals surface area contributed by atoms with Gasteiger partial charge in [-0.1, -0.05) is 12.2 Å². The third-order valence-corrected chi connectivity index (χ3v) is 1.44. The highest BCUT2D eigenvalue weighted by Crippen LogP contribution is 2.15. The van der Waals surface area contributed by atoms with Crippen LogP contribution in [0.1, 0.15) is 12.8 Å². The summed E-state index contributed by atoms with van der Waals surface area (Å²) in [4.78, 5) is 0. The summed E-state index contributed by atoms with van der Waals surface area (Å²) in [5.41, 5.74) is 0. The van der Waals surface area contributed by atoms with Crippen molar-refractivity contribution in [2.45, 2.75) is 18.9 Å². The van der Waals surface area contributed by atoms with Gasteiger partial charge in [-0.15, -0.1) is 0 Å². The molecule has 0 aliphatic heterocycles. The van der Waals surface area contributed by atoms with Gasteiger partial charge in [-0.25, -0.2) is 0 Å². The Morgan fingerprint density at radius 2 is 2.12 bits per heavy atom. The lowest BCUT2D eigenvalue weighted by Gasteiger charge is -2.14. The Kier molecular flexibility index (Phi) is 1.69. The van der Waals surface area contributed by atoms with Gasteiger partial charge in [0.05, 0.1) is 6.10 Å². The predicted molar refractivity (Wildman–Crippen MR) is 33.2 cm³/mol. The maximum Gasteiger partial charge on any atom is 0.0721 e. The van der Waals surface area contributed by atoms with Gasteiger partial charge in [0.25, 0.3) is 0 Å². The van der Waals surface area contributed by atoms with E-state index in [4.69, 9.17) is 5.11 Å². The largest absolute Gasteiger partial charge is 0.389 e. The van der Waals surface area contributed by atoms with E-state index in [1.807, 2.05) is 12.2 Å². The number of allylic oxidation sites excluding steroid dienone is 1. The van der Waals surface area contributed by atoms with Crippen molar-refractivity contribution in [2.24, 2.45) is 5.92 Å². The molecule has 0 aromatic rings. The molecule has 1 heteroatoms. The molecule has 0 aromatic carbocycles. The molecule has 0 fully saturated rings. The van der Waals surface area contributed by atoms with Crippen LogP contribution < -0.4 is 0 Å². The fraction of sp³-hybridized carbons (Fsp3) is 0.571. The molecule has 1 aliphatic rings. The van der Waals surface area contributed by atoms with Gasteiger partial charge in [0.1, 0.15) is 0 Å². The Labute approximate surface area is 50.0 Å². The zero-order valence-electron chi connectivity index (χ0n) is 4.88. The number of hydrogen-bond acceptors (Lipinski definition) is 1. The summed E-state index contributed by atoms with van der Waals surface area (Å²) in [7, 11) is 0. The van der Waals surface area contributed by atoms with Gasteiger partial charge in [-0.2, -0.15) is 0 Å². The van der Waals surface area contributed by atoms with Crippen molar-refractivity contribution in [3.63, 3.8) is 0 Å². The summed E-state index contributed by atoms with van der Waals surface area (Å²) in [6, 6.07) is 0. The summed E-state index contributed by atoms with van der Waals surface area (Å²) in [6.07, 6.45) is 5.49. The molecule has 0 spiro atoms. The van der Waals surface area contributed by atoms with Crippen molar-refractivity contribution in [2.75, 3.05) is 0 Å². The van der Waals surface area contributed by atoms with Gasteiger partial charge in [0.2, 0.25) is 0 Å². The maximum absolute atomic E-state index is 8.91. The average molecular weight is 111 g/mol. The van der Waals surface area contributed by atoms with E-state index in [9.17, 15) is 0 Å². The molecule has 0 aromatic heterocycles. The quantitative estimate of drug-likeness (QED) is 0.465. The molecule has 0 amide bonds. The zero-order chi connectivity index (χ0) is 5.98. The first-order valence-corrected chi connectivity index (χ1v) is 2.98. The van der Waals surface area contributed by atoms with Crippen LogP contribution in [0, 0.1) is 12.8 Å². The molecule has 0 bridgehead atoms. The second kappa shape index (κ2) is 2.31. The first kappa shape index (κ1) is 5.83. The van der Waals surface area contributed by atoms with Crippen LogP contribution in [0.25, 0.3) is 0 Å². The summed E-state index contributed by atoms with van der Waals surface area (Å²) in [6.45, 7) is 3.83. The second-order valence-corrected chi connectivity index (χ2v) is 2.29. The van der Waals surface area contributed by atoms with Crippen LogP contribution in [0.15, 0.2) is 12.2 Å². The van der Waals surface area contributed by atoms with Crippen molar-refractivity contribution in [1.82, 2.24) is 0 Å². The standard InChI is InChI=1S/C7H11O/c1-6-2-4-7(8)5-3-6/h2,4,6-8H,1,3,5H2. The molecule has 1 radical (unpaired) electrons. The molecule has 8 heavy (non-hydrogen) atoms. The van der Waals surface area contributed by atoms with Gasteiger partial charge < -0.3 is 5.11 Å². The maximum atomic E-state index is 8.91. The van der Waals surface area contributed by atoms with E-state index in [-0.39, 0.29) is 6.10 Å².